The third-order valence-electron chi connectivity index (χ3n) is 6.61. The van der Waals surface area contributed by atoms with E-state index in [1.54, 1.807) is 36.4 Å². The first kappa shape index (κ1) is 31.8. The molecule has 0 aromatic heterocycles. The average Bonchev–Trinajstić information content (AvgIpc) is 3.03. The zero-order valence-electron chi connectivity index (χ0n) is 24.7. The van der Waals surface area contributed by atoms with Crippen LogP contribution in [0.1, 0.15) is 47.8 Å². The number of allylic oxidation sites excluding steroid dienone is 3. The first-order valence-electron chi connectivity index (χ1n) is 13.6. The maximum Gasteiger partial charge on any atom is 0.193 e. The molecule has 0 aliphatic carbocycles. The molecule has 0 aliphatic heterocycles. The molecule has 0 saturated heterocycles. The minimum absolute atomic E-state index is 0.00187. The minimum atomic E-state index is -0.660. The van der Waals surface area contributed by atoms with Crippen molar-refractivity contribution in [3.63, 3.8) is 0 Å². The summed E-state index contributed by atoms with van der Waals surface area (Å²) in [5.41, 5.74) is 0.933. The third kappa shape index (κ3) is 7.47. The van der Waals surface area contributed by atoms with Gasteiger partial charge in [0.2, 0.25) is 0 Å². The largest absolute Gasteiger partial charge is 0.508 e. The first-order chi connectivity index (χ1) is 21.7. The highest BCUT2D eigenvalue weighted by atomic mass is 16.5. The van der Waals surface area contributed by atoms with E-state index in [1.165, 1.54) is 94.2 Å². The van der Waals surface area contributed by atoms with E-state index in [1.807, 2.05) is 0 Å². The SMILES string of the molecule is COc1c(C(=O)/C=C/c2cccc(O)c2)c(OC)c(C(=O)/C=C/c2cccc(O)c2)c(OC)c1C(=O)/C=C/c1cccc(O)c1. The standard InChI is InChI=1S/C36H30O9/c1-43-34-31(28(40)16-13-22-7-4-10-25(37)19-22)35(44-2)33(30(42)18-15-24-9-6-12-27(39)21-24)36(45-3)32(34)29(41)17-14-23-8-5-11-26(38)20-23/h4-21,37-39H,1-3H3/b16-13+,17-14+,18-15+. The number of benzene rings is 4. The zero-order valence-corrected chi connectivity index (χ0v) is 24.7. The van der Waals surface area contributed by atoms with Crippen LogP contribution in [0.4, 0.5) is 0 Å². The van der Waals surface area contributed by atoms with Gasteiger partial charge in [-0.25, -0.2) is 0 Å². The Morgan fingerprint density at radius 1 is 0.489 bits per heavy atom. The summed E-state index contributed by atoms with van der Waals surface area (Å²) in [5.74, 6) is -2.54. The Morgan fingerprint density at radius 2 is 0.756 bits per heavy atom. The van der Waals surface area contributed by atoms with E-state index in [4.69, 9.17) is 14.2 Å². The molecule has 228 valence electrons. The van der Waals surface area contributed by atoms with Gasteiger partial charge in [-0.1, -0.05) is 54.6 Å². The second-order valence-electron chi connectivity index (χ2n) is 9.60. The molecule has 4 rings (SSSR count). The van der Waals surface area contributed by atoms with E-state index < -0.39 is 17.3 Å². The highest BCUT2D eigenvalue weighted by Crippen LogP contribution is 2.45. The third-order valence-corrected chi connectivity index (χ3v) is 6.61. The maximum atomic E-state index is 13.8. The van der Waals surface area contributed by atoms with Crippen LogP contribution in [0.3, 0.4) is 0 Å². The fourth-order valence-electron chi connectivity index (χ4n) is 4.62. The summed E-state index contributed by atoms with van der Waals surface area (Å²) in [5, 5.41) is 29.5. The molecule has 0 amide bonds. The second-order valence-corrected chi connectivity index (χ2v) is 9.60. The summed E-state index contributed by atoms with van der Waals surface area (Å²) < 4.78 is 16.9. The molecule has 9 heteroatoms. The van der Waals surface area contributed by atoms with Gasteiger partial charge in [0.05, 0.1) is 21.3 Å². The molecule has 4 aromatic rings. The number of phenols is 3. The maximum absolute atomic E-state index is 13.8. The molecule has 3 N–H and O–H groups in total. The van der Waals surface area contributed by atoms with Gasteiger partial charge in [-0.15, -0.1) is 0 Å². The number of phenolic OH excluding ortho intramolecular Hbond substituents is 3. The van der Waals surface area contributed by atoms with Crippen molar-refractivity contribution in [3.05, 3.63) is 124 Å². The van der Waals surface area contributed by atoms with Crippen molar-refractivity contribution in [2.24, 2.45) is 0 Å². The number of methoxy groups -OCH3 is 3. The van der Waals surface area contributed by atoms with Crippen molar-refractivity contribution in [3.8, 4) is 34.5 Å². The van der Waals surface area contributed by atoms with Gasteiger partial charge in [-0.3, -0.25) is 14.4 Å². The number of aromatic hydroxyl groups is 3. The van der Waals surface area contributed by atoms with Crippen molar-refractivity contribution in [1.29, 1.82) is 0 Å². The van der Waals surface area contributed by atoms with Crippen molar-refractivity contribution in [2.45, 2.75) is 0 Å². The minimum Gasteiger partial charge on any atom is -0.508 e. The van der Waals surface area contributed by atoms with E-state index in [0.717, 1.165) is 0 Å². The van der Waals surface area contributed by atoms with Crippen LogP contribution >= 0.6 is 0 Å². The molecule has 0 atom stereocenters. The fourth-order valence-corrected chi connectivity index (χ4v) is 4.62. The molecule has 0 aliphatic rings. The average molecular weight is 607 g/mol. The lowest BCUT2D eigenvalue weighted by Gasteiger charge is -2.21. The van der Waals surface area contributed by atoms with Gasteiger partial charge in [-0.05, 0) is 71.3 Å². The van der Waals surface area contributed by atoms with Gasteiger partial charge in [0.1, 0.15) is 51.2 Å². The van der Waals surface area contributed by atoms with Gasteiger partial charge in [0, 0.05) is 0 Å². The van der Waals surface area contributed by atoms with Crippen LogP contribution in [0.15, 0.2) is 91.0 Å². The van der Waals surface area contributed by atoms with Crippen LogP contribution in [0.5, 0.6) is 34.5 Å². The summed E-state index contributed by atoms with van der Waals surface area (Å²) in [6, 6.07) is 18.7. The monoisotopic (exact) mass is 606 g/mol. The number of rotatable bonds is 12. The molecular weight excluding hydrogens is 576 g/mol. The first-order valence-corrected chi connectivity index (χ1v) is 13.6. The molecule has 0 heterocycles. The molecule has 0 bridgehead atoms. The smallest absolute Gasteiger partial charge is 0.193 e. The van der Waals surface area contributed by atoms with Crippen LogP contribution in [0.25, 0.3) is 18.2 Å². The van der Waals surface area contributed by atoms with Crippen molar-refractivity contribution in [2.75, 3.05) is 21.3 Å². The molecule has 0 radical (unpaired) electrons. The molecule has 0 spiro atoms. The lowest BCUT2D eigenvalue weighted by atomic mass is 9.92. The highest BCUT2D eigenvalue weighted by molar-refractivity contribution is 6.22. The predicted molar refractivity (Wildman–Crippen MR) is 171 cm³/mol. The quantitative estimate of drug-likeness (QED) is 0.121. The second kappa shape index (κ2) is 14.4. The molecule has 0 fully saturated rings. The van der Waals surface area contributed by atoms with E-state index in [-0.39, 0.29) is 51.2 Å². The topological polar surface area (TPSA) is 140 Å². The number of hydrogen-bond donors (Lipinski definition) is 3. The summed E-state index contributed by atoms with van der Waals surface area (Å²) in [6.07, 6.45) is 7.98. The summed E-state index contributed by atoms with van der Waals surface area (Å²) in [6.45, 7) is 0. The van der Waals surface area contributed by atoms with Gasteiger partial charge in [0.25, 0.3) is 0 Å². The fraction of sp³-hybridized carbons (Fsp3) is 0.0833. The molecule has 45 heavy (non-hydrogen) atoms. The van der Waals surface area contributed by atoms with E-state index in [0.29, 0.717) is 16.7 Å². The van der Waals surface area contributed by atoms with Crippen LogP contribution in [-0.4, -0.2) is 54.0 Å². The summed E-state index contributed by atoms with van der Waals surface area (Å²) >= 11 is 0. The zero-order chi connectivity index (χ0) is 32.5. The number of ketones is 3. The normalized spacial score (nSPS) is 11.3. The Labute approximate surface area is 259 Å². The van der Waals surface area contributed by atoms with Crippen LogP contribution in [0.2, 0.25) is 0 Å². The Morgan fingerprint density at radius 3 is 0.978 bits per heavy atom. The van der Waals surface area contributed by atoms with Crippen LogP contribution in [0, 0.1) is 0 Å². The summed E-state index contributed by atoms with van der Waals surface area (Å²) in [4.78, 5) is 41.3. The number of hydrogen-bond acceptors (Lipinski definition) is 9. The Balaban J connectivity index is 1.94. The van der Waals surface area contributed by atoms with E-state index in [9.17, 15) is 29.7 Å². The van der Waals surface area contributed by atoms with Gasteiger partial charge in [0.15, 0.2) is 17.3 Å². The highest BCUT2D eigenvalue weighted by Gasteiger charge is 2.34. The van der Waals surface area contributed by atoms with Gasteiger partial charge in [-0.2, -0.15) is 0 Å². The van der Waals surface area contributed by atoms with Crippen molar-refractivity contribution < 1.29 is 43.9 Å². The summed E-state index contributed by atoms with van der Waals surface area (Å²) in [7, 11) is 3.80. The Hall–Kier alpha value is -6.09. The van der Waals surface area contributed by atoms with Gasteiger partial charge < -0.3 is 29.5 Å². The number of carbonyl (C=O) groups is 3. The lowest BCUT2D eigenvalue weighted by Crippen LogP contribution is -2.15. The Kier molecular flexibility index (Phi) is 10.2. The Bertz CT molecular complexity index is 1610. The lowest BCUT2D eigenvalue weighted by molar-refractivity contribution is 0.103. The van der Waals surface area contributed by atoms with Crippen molar-refractivity contribution in [1.82, 2.24) is 0 Å². The van der Waals surface area contributed by atoms with Crippen molar-refractivity contribution >= 4 is 35.6 Å². The number of carbonyl (C=O) groups excluding carboxylic acids is 3. The molecule has 0 saturated carbocycles. The van der Waals surface area contributed by atoms with Gasteiger partial charge >= 0.3 is 0 Å². The van der Waals surface area contributed by atoms with E-state index >= 15 is 0 Å². The van der Waals surface area contributed by atoms with E-state index in [2.05, 4.69) is 0 Å². The van der Waals surface area contributed by atoms with Crippen LogP contribution in [-0.2, 0) is 0 Å². The molecule has 4 aromatic carbocycles. The molecular formula is C36H30O9. The molecule has 9 nitrogen and oxygen atoms in total. The molecule has 0 unspecified atom stereocenters. The van der Waals surface area contributed by atoms with Crippen LogP contribution < -0.4 is 14.2 Å². The number of ether oxygens (including phenoxy) is 3. The predicted octanol–water partition coefficient (Wildman–Crippen LogP) is 6.52.